The lowest BCUT2D eigenvalue weighted by Gasteiger charge is -2.20. The van der Waals surface area contributed by atoms with Gasteiger partial charge in [-0.05, 0) is 43.2 Å². The van der Waals surface area contributed by atoms with Gasteiger partial charge in [-0.2, -0.15) is 0 Å². The van der Waals surface area contributed by atoms with Crippen molar-refractivity contribution < 1.29 is 0 Å². The third-order valence-electron chi connectivity index (χ3n) is 6.34. The molecule has 0 amide bonds. The van der Waals surface area contributed by atoms with Crippen molar-refractivity contribution in [3.8, 4) is 5.82 Å². The summed E-state index contributed by atoms with van der Waals surface area (Å²) in [7, 11) is 2.01. The van der Waals surface area contributed by atoms with Crippen LogP contribution in [0.5, 0.6) is 0 Å². The summed E-state index contributed by atoms with van der Waals surface area (Å²) >= 11 is 0. The van der Waals surface area contributed by atoms with Crippen LogP contribution in [0.2, 0.25) is 0 Å². The first-order chi connectivity index (χ1) is 16.1. The normalized spacial score (nSPS) is 11.5. The van der Waals surface area contributed by atoms with Crippen LogP contribution in [0.3, 0.4) is 0 Å². The van der Waals surface area contributed by atoms with Gasteiger partial charge in [0.15, 0.2) is 0 Å². The largest absolute Gasteiger partial charge is 0.313 e. The third kappa shape index (κ3) is 2.97. The zero-order chi connectivity index (χ0) is 22.5. The zero-order valence-electron chi connectivity index (χ0n) is 18.8. The molecule has 6 aromatic rings. The predicted octanol–water partition coefficient (Wildman–Crippen LogP) is 6.51. The van der Waals surface area contributed by atoms with E-state index in [1.807, 2.05) is 36.5 Å². The fraction of sp³-hybridized carbons (Fsp3) is 0.107. The van der Waals surface area contributed by atoms with Crippen molar-refractivity contribution in [1.82, 2.24) is 19.5 Å². The molecule has 0 fully saturated rings. The van der Waals surface area contributed by atoms with Gasteiger partial charge in [0.1, 0.15) is 5.82 Å². The molecule has 3 aromatic carbocycles. The van der Waals surface area contributed by atoms with Crippen LogP contribution in [0.25, 0.3) is 38.5 Å². The van der Waals surface area contributed by atoms with Crippen LogP contribution in [-0.4, -0.2) is 26.6 Å². The smallest absolute Gasteiger partial charge is 0.230 e. The summed E-state index contributed by atoms with van der Waals surface area (Å²) in [5, 5.41) is 3.35. The van der Waals surface area contributed by atoms with Crippen molar-refractivity contribution in [2.75, 3.05) is 11.9 Å². The summed E-state index contributed by atoms with van der Waals surface area (Å²) in [5.74, 6) is 1.51. The molecule has 0 N–H and O–H groups in total. The Morgan fingerprint density at radius 2 is 1.30 bits per heavy atom. The zero-order valence-corrected chi connectivity index (χ0v) is 18.8. The van der Waals surface area contributed by atoms with Crippen molar-refractivity contribution in [3.63, 3.8) is 0 Å². The number of anilines is 2. The molecule has 5 nitrogen and oxygen atoms in total. The molecule has 0 spiro atoms. The Balaban J connectivity index is 1.60. The van der Waals surface area contributed by atoms with Crippen molar-refractivity contribution in [2.24, 2.45) is 0 Å². The second-order valence-corrected chi connectivity index (χ2v) is 8.41. The number of fused-ring (bicyclic) bond motifs is 4. The van der Waals surface area contributed by atoms with Crippen molar-refractivity contribution in [3.05, 3.63) is 96.3 Å². The van der Waals surface area contributed by atoms with Gasteiger partial charge in [0, 0.05) is 35.9 Å². The summed E-state index contributed by atoms with van der Waals surface area (Å²) < 4.78 is 2.22. The Labute approximate surface area is 192 Å². The molecule has 0 saturated heterocycles. The minimum absolute atomic E-state index is 0.666. The molecular weight excluding hydrogens is 406 g/mol. The SMILES string of the molecule is Cc1ccccc1N(C)c1ncc2c(-n3c4ccccc4c4ccccc43)ncc(C)c2n1. The van der Waals surface area contributed by atoms with Gasteiger partial charge in [-0.15, -0.1) is 0 Å². The molecule has 0 radical (unpaired) electrons. The first-order valence-corrected chi connectivity index (χ1v) is 11.0. The number of hydrogen-bond donors (Lipinski definition) is 0. The third-order valence-corrected chi connectivity index (χ3v) is 6.34. The molecule has 33 heavy (non-hydrogen) atoms. The standard InChI is InChI=1S/C28H23N5/c1-18-10-4-7-13-23(18)32(3)28-30-17-22-26(31-28)19(2)16-29-27(22)33-24-14-8-5-11-20(24)21-12-6-9-15-25(21)33/h4-17H,1-3H3. The molecule has 0 bridgehead atoms. The monoisotopic (exact) mass is 429 g/mol. The summed E-state index contributed by atoms with van der Waals surface area (Å²) in [6.45, 7) is 4.15. The minimum Gasteiger partial charge on any atom is -0.313 e. The number of pyridine rings is 1. The van der Waals surface area contributed by atoms with Crippen LogP contribution in [-0.2, 0) is 0 Å². The molecule has 6 rings (SSSR count). The molecule has 0 aliphatic carbocycles. The molecule has 0 atom stereocenters. The Hall–Kier alpha value is -4.25. The van der Waals surface area contributed by atoms with Gasteiger partial charge in [-0.3, -0.25) is 4.57 Å². The average molecular weight is 430 g/mol. The van der Waals surface area contributed by atoms with E-state index in [9.17, 15) is 0 Å². The predicted molar refractivity (Wildman–Crippen MR) is 136 cm³/mol. The minimum atomic E-state index is 0.666. The second-order valence-electron chi connectivity index (χ2n) is 8.41. The van der Waals surface area contributed by atoms with Gasteiger partial charge >= 0.3 is 0 Å². The van der Waals surface area contributed by atoms with Crippen LogP contribution < -0.4 is 4.90 Å². The molecule has 3 heterocycles. The highest BCUT2D eigenvalue weighted by atomic mass is 15.2. The maximum absolute atomic E-state index is 4.98. The molecule has 0 saturated carbocycles. The highest BCUT2D eigenvalue weighted by Crippen LogP contribution is 2.34. The van der Waals surface area contributed by atoms with Gasteiger partial charge in [-0.25, -0.2) is 15.0 Å². The number of aryl methyl sites for hydroxylation is 2. The van der Waals surface area contributed by atoms with Gasteiger partial charge in [0.2, 0.25) is 5.95 Å². The van der Waals surface area contributed by atoms with Crippen molar-refractivity contribution in [1.29, 1.82) is 0 Å². The van der Waals surface area contributed by atoms with E-state index in [1.54, 1.807) is 0 Å². The van der Waals surface area contributed by atoms with E-state index in [0.29, 0.717) is 5.95 Å². The molecule has 0 aliphatic rings. The molecule has 160 valence electrons. The maximum atomic E-state index is 4.98. The van der Waals surface area contributed by atoms with E-state index in [-0.39, 0.29) is 0 Å². The fourth-order valence-electron chi connectivity index (χ4n) is 4.66. The van der Waals surface area contributed by atoms with E-state index < -0.39 is 0 Å². The van der Waals surface area contributed by atoms with Gasteiger partial charge < -0.3 is 4.90 Å². The number of benzene rings is 3. The second kappa shape index (κ2) is 7.41. The first-order valence-electron chi connectivity index (χ1n) is 11.0. The Kier molecular flexibility index (Phi) is 4.37. The lowest BCUT2D eigenvalue weighted by Crippen LogP contribution is -2.14. The van der Waals surface area contributed by atoms with Crippen LogP contribution in [0.1, 0.15) is 11.1 Å². The number of rotatable bonds is 3. The molecule has 3 aromatic heterocycles. The number of nitrogens with zero attached hydrogens (tertiary/aromatic N) is 5. The maximum Gasteiger partial charge on any atom is 0.230 e. The van der Waals surface area contributed by atoms with E-state index in [0.717, 1.165) is 39.0 Å². The fourth-order valence-corrected chi connectivity index (χ4v) is 4.66. The van der Waals surface area contributed by atoms with Crippen molar-refractivity contribution >= 4 is 44.3 Å². The summed E-state index contributed by atoms with van der Waals surface area (Å²) in [6.07, 6.45) is 3.82. The lowest BCUT2D eigenvalue weighted by atomic mass is 10.2. The highest BCUT2D eigenvalue weighted by Gasteiger charge is 2.18. The van der Waals surface area contributed by atoms with Crippen LogP contribution in [0.15, 0.2) is 85.2 Å². The summed E-state index contributed by atoms with van der Waals surface area (Å²) in [6, 6.07) is 25.2. The number of aromatic nitrogens is 4. The van der Waals surface area contributed by atoms with E-state index in [1.165, 1.54) is 16.3 Å². The molecule has 5 heteroatoms. The molecular formula is C28H23N5. The first kappa shape index (κ1) is 19.4. The topological polar surface area (TPSA) is 46.8 Å². The van der Waals surface area contributed by atoms with Crippen LogP contribution in [0, 0.1) is 13.8 Å². The van der Waals surface area contributed by atoms with Crippen molar-refractivity contribution in [2.45, 2.75) is 13.8 Å². The number of para-hydroxylation sites is 3. The average Bonchev–Trinajstić information content (AvgIpc) is 3.19. The van der Waals surface area contributed by atoms with Crippen LogP contribution >= 0.6 is 0 Å². The van der Waals surface area contributed by atoms with E-state index >= 15 is 0 Å². The lowest BCUT2D eigenvalue weighted by molar-refractivity contribution is 1.04. The van der Waals surface area contributed by atoms with Gasteiger partial charge in [-0.1, -0.05) is 54.6 Å². The van der Waals surface area contributed by atoms with E-state index in [2.05, 4.69) is 79.1 Å². The van der Waals surface area contributed by atoms with Gasteiger partial charge in [0.05, 0.1) is 21.9 Å². The molecule has 0 aliphatic heterocycles. The molecule has 0 unspecified atom stereocenters. The number of hydrogen-bond acceptors (Lipinski definition) is 4. The van der Waals surface area contributed by atoms with Gasteiger partial charge in [0.25, 0.3) is 0 Å². The Bertz CT molecular complexity index is 1610. The summed E-state index contributed by atoms with van der Waals surface area (Å²) in [5.41, 5.74) is 6.45. The summed E-state index contributed by atoms with van der Waals surface area (Å²) in [4.78, 5) is 16.6. The quantitative estimate of drug-likeness (QED) is 0.322. The highest BCUT2D eigenvalue weighted by molar-refractivity contribution is 6.10. The Morgan fingerprint density at radius 1 is 0.667 bits per heavy atom. The van der Waals surface area contributed by atoms with Crippen LogP contribution in [0.4, 0.5) is 11.6 Å². The Morgan fingerprint density at radius 3 is 2.00 bits per heavy atom. The van der Waals surface area contributed by atoms with E-state index in [4.69, 9.17) is 15.0 Å².